The molecular formula is C18H17F3O. The van der Waals surface area contributed by atoms with Gasteiger partial charge >= 0.3 is 6.18 Å². The largest absolute Gasteiger partial charge is 0.454 e. The smallest absolute Gasteiger partial charge is 0.284 e. The molecule has 0 fully saturated rings. The van der Waals surface area contributed by atoms with E-state index in [0.717, 1.165) is 11.1 Å². The minimum Gasteiger partial charge on any atom is -0.284 e. The summed E-state index contributed by atoms with van der Waals surface area (Å²) in [7, 11) is 0. The molecule has 0 spiro atoms. The van der Waals surface area contributed by atoms with Gasteiger partial charge in [-0.25, -0.2) is 0 Å². The van der Waals surface area contributed by atoms with Gasteiger partial charge in [-0.1, -0.05) is 69.3 Å². The van der Waals surface area contributed by atoms with E-state index in [1.165, 1.54) is 29.8 Å². The summed E-state index contributed by atoms with van der Waals surface area (Å²) in [6.07, 6.45) is -4.84. The third kappa shape index (κ3) is 3.56. The summed E-state index contributed by atoms with van der Waals surface area (Å²) in [5, 5.41) is 0. The van der Waals surface area contributed by atoms with E-state index in [2.05, 4.69) is 20.8 Å². The second-order valence-electron chi connectivity index (χ2n) is 6.23. The molecule has 2 aromatic carbocycles. The van der Waals surface area contributed by atoms with Crippen molar-refractivity contribution in [2.45, 2.75) is 32.4 Å². The van der Waals surface area contributed by atoms with E-state index in [4.69, 9.17) is 0 Å². The summed E-state index contributed by atoms with van der Waals surface area (Å²) in [4.78, 5) is 11.1. The molecule has 22 heavy (non-hydrogen) atoms. The number of ketones is 1. The fourth-order valence-corrected chi connectivity index (χ4v) is 2.14. The Morgan fingerprint density at radius 3 is 1.55 bits per heavy atom. The van der Waals surface area contributed by atoms with E-state index in [-0.39, 0.29) is 11.0 Å². The van der Waals surface area contributed by atoms with Gasteiger partial charge in [-0.15, -0.1) is 0 Å². The highest BCUT2D eigenvalue weighted by Crippen LogP contribution is 2.27. The molecule has 0 radical (unpaired) electrons. The molecular weight excluding hydrogens is 289 g/mol. The quantitative estimate of drug-likeness (QED) is 0.679. The van der Waals surface area contributed by atoms with Gasteiger partial charge in [0.1, 0.15) is 0 Å². The molecule has 4 heteroatoms. The van der Waals surface area contributed by atoms with E-state index in [0.29, 0.717) is 0 Å². The number of alkyl halides is 3. The topological polar surface area (TPSA) is 17.1 Å². The van der Waals surface area contributed by atoms with Crippen LogP contribution in [0.3, 0.4) is 0 Å². The van der Waals surface area contributed by atoms with Crippen LogP contribution in [0.25, 0.3) is 11.1 Å². The Hall–Kier alpha value is -2.10. The average Bonchev–Trinajstić information content (AvgIpc) is 2.45. The van der Waals surface area contributed by atoms with Crippen LogP contribution in [0.2, 0.25) is 0 Å². The normalized spacial score (nSPS) is 12.3. The summed E-state index contributed by atoms with van der Waals surface area (Å²) >= 11 is 0. The maximum Gasteiger partial charge on any atom is 0.454 e. The monoisotopic (exact) mass is 306 g/mol. The third-order valence-electron chi connectivity index (χ3n) is 3.49. The predicted molar refractivity (Wildman–Crippen MR) is 81.0 cm³/mol. The molecule has 0 amide bonds. The molecule has 0 aliphatic rings. The molecule has 0 aromatic heterocycles. The van der Waals surface area contributed by atoms with Crippen molar-refractivity contribution in [3.63, 3.8) is 0 Å². The zero-order valence-electron chi connectivity index (χ0n) is 12.7. The molecule has 2 rings (SSSR count). The Bertz CT molecular complexity index is 659. The summed E-state index contributed by atoms with van der Waals surface area (Å²) in [5.41, 5.74) is 2.56. The lowest BCUT2D eigenvalue weighted by Crippen LogP contribution is -2.22. The second-order valence-corrected chi connectivity index (χ2v) is 6.23. The highest BCUT2D eigenvalue weighted by molar-refractivity contribution is 6.00. The van der Waals surface area contributed by atoms with E-state index in [9.17, 15) is 18.0 Å². The lowest BCUT2D eigenvalue weighted by molar-refractivity contribution is -0.0885. The van der Waals surface area contributed by atoms with E-state index < -0.39 is 12.0 Å². The van der Waals surface area contributed by atoms with Gasteiger partial charge in [-0.2, -0.15) is 13.2 Å². The molecule has 0 atom stereocenters. The first-order chi connectivity index (χ1) is 10.1. The predicted octanol–water partition coefficient (Wildman–Crippen LogP) is 5.40. The molecule has 0 unspecified atom stereocenters. The summed E-state index contributed by atoms with van der Waals surface area (Å²) in [6.45, 7) is 6.33. The van der Waals surface area contributed by atoms with Gasteiger partial charge in [0.05, 0.1) is 0 Å². The van der Waals surface area contributed by atoms with Crippen molar-refractivity contribution in [1.82, 2.24) is 0 Å². The Morgan fingerprint density at radius 2 is 1.18 bits per heavy atom. The molecule has 0 aliphatic carbocycles. The Labute approximate surface area is 127 Å². The van der Waals surface area contributed by atoms with Gasteiger partial charge in [-0.05, 0) is 22.1 Å². The standard InChI is InChI=1S/C18H17F3O/c1-17(2,3)15-10-8-13(9-11-15)12-4-6-14(7-5-12)16(22)18(19,20)21/h4-11H,1-3H3. The minimum absolute atomic E-state index is 0.0432. The second kappa shape index (κ2) is 5.59. The first-order valence-corrected chi connectivity index (χ1v) is 6.91. The zero-order valence-corrected chi connectivity index (χ0v) is 12.7. The number of hydrogen-bond acceptors (Lipinski definition) is 1. The number of hydrogen-bond donors (Lipinski definition) is 0. The van der Waals surface area contributed by atoms with Crippen LogP contribution in [-0.2, 0) is 5.41 Å². The minimum atomic E-state index is -4.84. The van der Waals surface area contributed by atoms with Crippen LogP contribution < -0.4 is 0 Å². The number of halogens is 3. The van der Waals surface area contributed by atoms with Gasteiger partial charge in [0.15, 0.2) is 0 Å². The van der Waals surface area contributed by atoms with Gasteiger partial charge in [0.25, 0.3) is 5.78 Å². The van der Waals surface area contributed by atoms with Crippen molar-refractivity contribution >= 4 is 5.78 Å². The van der Waals surface area contributed by atoms with Gasteiger partial charge < -0.3 is 0 Å². The highest BCUT2D eigenvalue weighted by Gasteiger charge is 2.39. The van der Waals surface area contributed by atoms with Crippen LogP contribution in [0.4, 0.5) is 13.2 Å². The number of benzene rings is 2. The lowest BCUT2D eigenvalue weighted by Gasteiger charge is -2.19. The molecule has 0 heterocycles. The van der Waals surface area contributed by atoms with Gasteiger partial charge in [0, 0.05) is 5.56 Å². The molecule has 0 N–H and O–H groups in total. The van der Waals surface area contributed by atoms with Crippen molar-refractivity contribution in [2.24, 2.45) is 0 Å². The van der Waals surface area contributed by atoms with Crippen molar-refractivity contribution in [2.75, 3.05) is 0 Å². The van der Waals surface area contributed by atoms with E-state index in [1.807, 2.05) is 24.3 Å². The Kier molecular flexibility index (Phi) is 4.14. The molecule has 0 aliphatic heterocycles. The molecule has 1 nitrogen and oxygen atoms in total. The fourth-order valence-electron chi connectivity index (χ4n) is 2.14. The van der Waals surface area contributed by atoms with Crippen LogP contribution in [0, 0.1) is 0 Å². The maximum absolute atomic E-state index is 12.4. The number of Topliss-reactive ketones (excluding diaryl/α,β-unsaturated/α-hetero) is 1. The van der Waals surface area contributed by atoms with Crippen LogP contribution in [0.15, 0.2) is 48.5 Å². The molecule has 0 bridgehead atoms. The van der Waals surface area contributed by atoms with Crippen molar-refractivity contribution in [3.8, 4) is 11.1 Å². The van der Waals surface area contributed by atoms with Crippen molar-refractivity contribution < 1.29 is 18.0 Å². The lowest BCUT2D eigenvalue weighted by atomic mass is 9.86. The summed E-state index contributed by atoms with van der Waals surface area (Å²) in [6, 6.07) is 13.4. The van der Waals surface area contributed by atoms with Crippen LogP contribution in [-0.4, -0.2) is 12.0 Å². The first kappa shape index (κ1) is 16.3. The summed E-state index contributed by atoms with van der Waals surface area (Å²) in [5.74, 6) is -1.82. The number of carbonyl (C=O) groups is 1. The maximum atomic E-state index is 12.4. The van der Waals surface area contributed by atoms with Crippen LogP contribution >= 0.6 is 0 Å². The molecule has 116 valence electrons. The number of carbonyl (C=O) groups excluding carboxylic acids is 1. The number of rotatable bonds is 2. The SMILES string of the molecule is CC(C)(C)c1ccc(-c2ccc(C(=O)C(F)(F)F)cc2)cc1. The third-order valence-corrected chi connectivity index (χ3v) is 3.49. The van der Waals surface area contributed by atoms with E-state index >= 15 is 0 Å². The fraction of sp³-hybridized carbons (Fsp3) is 0.278. The molecule has 0 saturated carbocycles. The van der Waals surface area contributed by atoms with Crippen LogP contribution in [0.5, 0.6) is 0 Å². The first-order valence-electron chi connectivity index (χ1n) is 6.91. The Morgan fingerprint density at radius 1 is 0.773 bits per heavy atom. The zero-order chi connectivity index (χ0) is 16.5. The van der Waals surface area contributed by atoms with E-state index in [1.54, 1.807) is 0 Å². The highest BCUT2D eigenvalue weighted by atomic mass is 19.4. The van der Waals surface area contributed by atoms with Crippen LogP contribution in [0.1, 0.15) is 36.7 Å². The van der Waals surface area contributed by atoms with Crippen molar-refractivity contribution in [1.29, 1.82) is 0 Å². The average molecular weight is 306 g/mol. The Balaban J connectivity index is 2.26. The molecule has 2 aromatic rings. The van der Waals surface area contributed by atoms with Gasteiger partial charge in [0.2, 0.25) is 0 Å². The van der Waals surface area contributed by atoms with Gasteiger partial charge in [-0.3, -0.25) is 4.79 Å². The molecule has 0 saturated heterocycles. The summed E-state index contributed by atoms with van der Waals surface area (Å²) < 4.78 is 37.1. The van der Waals surface area contributed by atoms with Crippen molar-refractivity contribution in [3.05, 3.63) is 59.7 Å².